The summed E-state index contributed by atoms with van der Waals surface area (Å²) in [5, 5.41) is 5.79. The Morgan fingerprint density at radius 2 is 1.11 bits per heavy atom. The molecule has 0 aromatic heterocycles. The molecule has 28 heavy (non-hydrogen) atoms. The summed E-state index contributed by atoms with van der Waals surface area (Å²) in [4.78, 5) is 25.4. The highest BCUT2D eigenvalue weighted by atomic mass is 79.9. The van der Waals surface area contributed by atoms with Crippen molar-refractivity contribution in [1.29, 1.82) is 0 Å². The Bertz CT molecular complexity index is 947. The van der Waals surface area contributed by atoms with Gasteiger partial charge in [-0.1, -0.05) is 72.1 Å². The van der Waals surface area contributed by atoms with Crippen LogP contribution in [-0.4, -0.2) is 11.8 Å². The maximum Gasteiger partial charge on any atom is 0.253 e. The van der Waals surface area contributed by atoms with Crippen LogP contribution in [0.3, 0.4) is 0 Å². The molecule has 0 atom stereocenters. The Balaban J connectivity index is 1.85. The Morgan fingerprint density at radius 1 is 0.643 bits per heavy atom. The van der Waals surface area contributed by atoms with Gasteiger partial charge >= 0.3 is 0 Å². The van der Waals surface area contributed by atoms with Crippen LogP contribution in [0.4, 0.5) is 0 Å². The van der Waals surface area contributed by atoms with Crippen LogP contribution in [0.15, 0.2) is 86.2 Å². The Morgan fingerprint density at radius 3 is 1.54 bits per heavy atom. The molecule has 2 amide bonds. The first-order chi connectivity index (χ1) is 13.4. The van der Waals surface area contributed by atoms with Crippen molar-refractivity contribution in [2.75, 3.05) is 0 Å². The van der Waals surface area contributed by atoms with Crippen molar-refractivity contribution < 1.29 is 9.59 Å². The van der Waals surface area contributed by atoms with Gasteiger partial charge in [-0.05, 0) is 54.1 Å². The molecule has 0 saturated heterocycles. The second kappa shape index (κ2) is 9.49. The highest BCUT2D eigenvalue weighted by molar-refractivity contribution is 9.11. The first-order valence-electron chi connectivity index (χ1n) is 8.31. The van der Waals surface area contributed by atoms with Gasteiger partial charge in [0, 0.05) is 24.5 Å². The quantitative estimate of drug-likeness (QED) is 0.382. The molecule has 0 bridgehead atoms. The molecule has 142 valence electrons. The number of hydrogen-bond donors (Lipinski definition) is 2. The molecule has 3 rings (SSSR count). The van der Waals surface area contributed by atoms with Crippen LogP contribution in [0.2, 0.25) is 0 Å². The Labute approximate surface area is 188 Å². The molecule has 3 aromatic carbocycles. The lowest BCUT2D eigenvalue weighted by Gasteiger charge is -2.21. The van der Waals surface area contributed by atoms with Crippen LogP contribution >= 0.6 is 47.8 Å². The van der Waals surface area contributed by atoms with Gasteiger partial charge in [0.2, 0.25) is 0 Å². The van der Waals surface area contributed by atoms with E-state index in [4.69, 9.17) is 0 Å². The molecule has 7 heteroatoms. The van der Waals surface area contributed by atoms with Gasteiger partial charge in [0.1, 0.15) is 6.17 Å². The molecule has 0 aliphatic rings. The fourth-order valence-corrected chi connectivity index (χ4v) is 3.61. The van der Waals surface area contributed by atoms with E-state index in [1.165, 1.54) is 0 Å². The normalized spacial score (nSPS) is 10.6. The molecule has 0 aliphatic heterocycles. The zero-order chi connectivity index (χ0) is 20.1. The number of carbonyl (C=O) groups is 2. The highest BCUT2D eigenvalue weighted by Gasteiger charge is 2.19. The van der Waals surface area contributed by atoms with Gasteiger partial charge in [0.15, 0.2) is 0 Å². The number of benzene rings is 3. The number of nitrogens with one attached hydrogen (secondary N) is 2. The van der Waals surface area contributed by atoms with Crippen molar-refractivity contribution in [3.63, 3.8) is 0 Å². The minimum Gasteiger partial charge on any atom is -0.328 e. The third-order valence-corrected chi connectivity index (χ3v) is 5.44. The third kappa shape index (κ3) is 5.53. The molecular formula is C21H15Br3N2O2. The van der Waals surface area contributed by atoms with Crippen LogP contribution in [0.5, 0.6) is 0 Å². The zero-order valence-corrected chi connectivity index (χ0v) is 19.2. The predicted molar refractivity (Wildman–Crippen MR) is 120 cm³/mol. The maximum atomic E-state index is 12.7. The third-order valence-electron chi connectivity index (χ3n) is 3.93. The molecule has 0 aliphatic carbocycles. The summed E-state index contributed by atoms with van der Waals surface area (Å²) < 4.78 is 2.52. The molecule has 4 nitrogen and oxygen atoms in total. The van der Waals surface area contributed by atoms with Crippen LogP contribution in [0.25, 0.3) is 0 Å². The summed E-state index contributed by atoms with van der Waals surface area (Å²) in [5.41, 5.74) is 1.75. The van der Waals surface area contributed by atoms with Crippen molar-refractivity contribution in [2.45, 2.75) is 6.17 Å². The molecule has 0 heterocycles. The molecule has 0 fully saturated rings. The first kappa shape index (κ1) is 20.8. The van der Waals surface area contributed by atoms with Crippen LogP contribution in [-0.2, 0) is 0 Å². The van der Waals surface area contributed by atoms with Gasteiger partial charge in [0.05, 0.1) is 0 Å². The standard InChI is InChI=1S/C21H15Br3N2O2/c22-16-9-7-13(8-10-16)19(25-20(27)14-3-1-5-17(23)11-14)26-21(28)15-4-2-6-18(24)12-15/h1-12,19H,(H,25,27)(H,26,28). The number of rotatable bonds is 5. The van der Waals surface area contributed by atoms with E-state index in [0.717, 1.165) is 19.0 Å². The number of carbonyl (C=O) groups excluding carboxylic acids is 2. The lowest BCUT2D eigenvalue weighted by atomic mass is 10.1. The van der Waals surface area contributed by atoms with Crippen molar-refractivity contribution in [2.24, 2.45) is 0 Å². The maximum absolute atomic E-state index is 12.7. The van der Waals surface area contributed by atoms with Crippen molar-refractivity contribution in [3.05, 3.63) is 103 Å². The summed E-state index contributed by atoms with van der Waals surface area (Å²) >= 11 is 10.1. The number of amides is 2. The van der Waals surface area contributed by atoms with Crippen LogP contribution in [0, 0.1) is 0 Å². The van der Waals surface area contributed by atoms with Crippen LogP contribution < -0.4 is 10.6 Å². The SMILES string of the molecule is O=C(NC(NC(=O)c1cccc(Br)c1)c1ccc(Br)cc1)c1cccc(Br)c1. The van der Waals surface area contributed by atoms with Crippen molar-refractivity contribution in [3.8, 4) is 0 Å². The van der Waals surface area contributed by atoms with E-state index in [-0.39, 0.29) is 11.8 Å². The van der Waals surface area contributed by atoms with Gasteiger partial charge in [0.25, 0.3) is 11.8 Å². The average Bonchev–Trinajstić information content (AvgIpc) is 2.68. The van der Waals surface area contributed by atoms with E-state index in [1.807, 2.05) is 36.4 Å². The molecule has 0 radical (unpaired) electrons. The van der Waals surface area contributed by atoms with E-state index in [1.54, 1.807) is 36.4 Å². The van der Waals surface area contributed by atoms with Gasteiger partial charge in [-0.2, -0.15) is 0 Å². The first-order valence-corrected chi connectivity index (χ1v) is 10.7. The lowest BCUT2D eigenvalue weighted by molar-refractivity contribution is 0.0883. The van der Waals surface area contributed by atoms with Crippen molar-refractivity contribution >= 4 is 59.6 Å². The second-order valence-electron chi connectivity index (χ2n) is 5.95. The molecule has 3 aromatic rings. The molecule has 0 unspecified atom stereocenters. The zero-order valence-electron chi connectivity index (χ0n) is 14.5. The van der Waals surface area contributed by atoms with Crippen LogP contribution in [0.1, 0.15) is 32.4 Å². The summed E-state index contributed by atoms with van der Waals surface area (Å²) in [7, 11) is 0. The smallest absolute Gasteiger partial charge is 0.253 e. The number of halogens is 3. The fraction of sp³-hybridized carbons (Fsp3) is 0.0476. The highest BCUT2D eigenvalue weighted by Crippen LogP contribution is 2.18. The lowest BCUT2D eigenvalue weighted by Crippen LogP contribution is -2.41. The van der Waals surface area contributed by atoms with Gasteiger partial charge in [-0.15, -0.1) is 0 Å². The molecule has 0 spiro atoms. The monoisotopic (exact) mass is 564 g/mol. The molecule has 2 N–H and O–H groups in total. The number of hydrogen-bond acceptors (Lipinski definition) is 2. The second-order valence-corrected chi connectivity index (χ2v) is 8.70. The van der Waals surface area contributed by atoms with Gasteiger partial charge in [-0.25, -0.2) is 0 Å². The van der Waals surface area contributed by atoms with Crippen molar-refractivity contribution in [1.82, 2.24) is 10.6 Å². The summed E-state index contributed by atoms with van der Waals surface area (Å²) in [6, 6.07) is 21.6. The van der Waals surface area contributed by atoms with E-state index in [9.17, 15) is 9.59 Å². The van der Waals surface area contributed by atoms with E-state index < -0.39 is 6.17 Å². The van der Waals surface area contributed by atoms with Gasteiger partial charge < -0.3 is 10.6 Å². The Kier molecular flexibility index (Phi) is 7.04. The summed E-state index contributed by atoms with van der Waals surface area (Å²) in [6.45, 7) is 0. The molecular weight excluding hydrogens is 552 g/mol. The average molecular weight is 567 g/mol. The van der Waals surface area contributed by atoms with E-state index in [0.29, 0.717) is 11.1 Å². The largest absolute Gasteiger partial charge is 0.328 e. The summed E-state index contributed by atoms with van der Waals surface area (Å²) in [6.07, 6.45) is -0.689. The fourth-order valence-electron chi connectivity index (χ4n) is 2.55. The summed E-state index contributed by atoms with van der Waals surface area (Å²) in [5.74, 6) is -0.576. The Hall–Kier alpha value is -1.96. The van der Waals surface area contributed by atoms with E-state index in [2.05, 4.69) is 58.4 Å². The minimum atomic E-state index is -0.689. The topological polar surface area (TPSA) is 58.2 Å². The molecule has 0 saturated carbocycles. The van der Waals surface area contributed by atoms with E-state index >= 15 is 0 Å². The van der Waals surface area contributed by atoms with Gasteiger partial charge in [-0.3, -0.25) is 9.59 Å². The predicted octanol–water partition coefficient (Wildman–Crippen LogP) is 5.83. The minimum absolute atomic E-state index is 0.288.